The molecular weight excluding hydrogens is 771 g/mol. The van der Waals surface area contributed by atoms with Gasteiger partial charge in [-0.2, -0.15) is 13.5 Å². The van der Waals surface area contributed by atoms with Crippen molar-refractivity contribution in [3.63, 3.8) is 0 Å². The number of hydrogen-bond donors (Lipinski definition) is 1. The number of carbonyl (C=O) groups excluding carboxylic acids is 2. The first-order valence-corrected chi connectivity index (χ1v) is 19.2. The van der Waals surface area contributed by atoms with E-state index in [0.29, 0.717) is 57.8 Å². The number of nitrogens with zero attached hydrogens (tertiary/aromatic N) is 2. The van der Waals surface area contributed by atoms with Crippen LogP contribution in [-0.2, 0) is 20.7 Å². The Bertz CT molecular complexity index is 2010. The van der Waals surface area contributed by atoms with Crippen molar-refractivity contribution < 1.29 is 46.8 Å². The van der Waals surface area contributed by atoms with Crippen molar-refractivity contribution in [3.05, 3.63) is 117 Å². The summed E-state index contributed by atoms with van der Waals surface area (Å²) in [5, 5.41) is 15.3. The second kappa shape index (κ2) is 17.5. The summed E-state index contributed by atoms with van der Waals surface area (Å²) in [5.41, 5.74) is 2.02. The standard InChI is InChI=1S/C41H41Cl2F2N3O8/c1-52-33-5-3-2-4-29(33)38(40(50)55-37-22-47-16-14-25(37)15-17-47)46-28-11-8-26(9-12-28)39(49)54-35(19-30-31(42)20-48(51)21-32(30)43)27-10-13-34(56-41(44)45)36(18-27)53-23-24-6-7-24/h2-5,8-13,18,20-21,24-25,35,37-38,41,46H,6-7,14-17,19,22-23H2,1H3/t35?,37-,38?/m0/s1. The van der Waals surface area contributed by atoms with E-state index in [1.165, 1.54) is 25.3 Å². The number of ether oxygens (including phenoxy) is 5. The van der Waals surface area contributed by atoms with E-state index in [1.54, 1.807) is 36.4 Å². The molecule has 56 heavy (non-hydrogen) atoms. The predicted molar refractivity (Wildman–Crippen MR) is 203 cm³/mol. The van der Waals surface area contributed by atoms with Crippen molar-refractivity contribution in [1.82, 2.24) is 4.90 Å². The van der Waals surface area contributed by atoms with Crippen LogP contribution < -0.4 is 24.3 Å². The molecule has 4 aromatic rings. The third-order valence-corrected chi connectivity index (χ3v) is 11.1. The van der Waals surface area contributed by atoms with E-state index in [9.17, 15) is 23.6 Å². The van der Waals surface area contributed by atoms with E-state index >= 15 is 0 Å². The lowest BCUT2D eigenvalue weighted by atomic mass is 9.86. The van der Waals surface area contributed by atoms with Crippen LogP contribution >= 0.6 is 23.2 Å². The Kier molecular flexibility index (Phi) is 12.3. The summed E-state index contributed by atoms with van der Waals surface area (Å²) in [6, 6.07) is 17.0. The molecule has 8 rings (SSSR count). The average molecular weight is 813 g/mol. The molecule has 0 radical (unpaired) electrons. The van der Waals surface area contributed by atoms with Crippen molar-refractivity contribution in [1.29, 1.82) is 0 Å². The van der Waals surface area contributed by atoms with Crippen LogP contribution in [0.3, 0.4) is 0 Å². The van der Waals surface area contributed by atoms with Crippen LogP contribution in [-0.4, -0.2) is 62.9 Å². The number of rotatable bonds is 16. The van der Waals surface area contributed by atoms with Gasteiger partial charge in [-0.05, 0) is 98.6 Å². The molecular formula is C41H41Cl2F2N3O8. The lowest BCUT2D eigenvalue weighted by Crippen LogP contribution is -2.52. The van der Waals surface area contributed by atoms with E-state index in [2.05, 4.69) is 10.2 Å². The van der Waals surface area contributed by atoms with Gasteiger partial charge in [-0.15, -0.1) is 0 Å². The fraction of sp³-hybridized carbons (Fsp3) is 0.390. The highest BCUT2D eigenvalue weighted by Gasteiger charge is 2.38. The van der Waals surface area contributed by atoms with Crippen LogP contribution in [0.2, 0.25) is 10.0 Å². The van der Waals surface area contributed by atoms with Crippen LogP contribution in [0.15, 0.2) is 79.1 Å². The van der Waals surface area contributed by atoms with Crippen LogP contribution in [0, 0.1) is 17.0 Å². The van der Waals surface area contributed by atoms with Gasteiger partial charge in [0, 0.05) is 29.8 Å². The minimum Gasteiger partial charge on any atom is -0.619 e. The van der Waals surface area contributed by atoms with E-state index < -0.39 is 30.7 Å². The summed E-state index contributed by atoms with van der Waals surface area (Å²) in [5.74, 6) is -0.124. The van der Waals surface area contributed by atoms with Gasteiger partial charge >= 0.3 is 18.6 Å². The van der Waals surface area contributed by atoms with E-state index in [1.807, 2.05) is 12.1 Å². The van der Waals surface area contributed by atoms with Crippen LogP contribution in [0.5, 0.6) is 17.2 Å². The van der Waals surface area contributed by atoms with Crippen molar-refractivity contribution in [2.45, 2.75) is 57.0 Å². The fourth-order valence-electron chi connectivity index (χ4n) is 7.16. The number of nitrogens with one attached hydrogen (secondary N) is 1. The van der Waals surface area contributed by atoms with Gasteiger partial charge in [0.1, 0.15) is 28.0 Å². The van der Waals surface area contributed by atoms with Crippen molar-refractivity contribution in [2.75, 3.05) is 38.7 Å². The number of carbonyl (C=O) groups is 2. The van der Waals surface area contributed by atoms with Gasteiger partial charge in [-0.3, -0.25) is 4.90 Å². The Balaban J connectivity index is 1.12. The van der Waals surface area contributed by atoms with Gasteiger partial charge in [-0.25, -0.2) is 9.59 Å². The lowest BCUT2D eigenvalue weighted by molar-refractivity contribution is -0.605. The molecule has 0 amide bonds. The highest BCUT2D eigenvalue weighted by Crippen LogP contribution is 2.39. The number of aromatic nitrogens is 1. The zero-order chi connectivity index (χ0) is 39.3. The molecule has 1 saturated carbocycles. The molecule has 3 aliphatic heterocycles. The minimum absolute atomic E-state index is 0.0449. The number of anilines is 1. The molecule has 3 aromatic carbocycles. The summed E-state index contributed by atoms with van der Waals surface area (Å²) in [7, 11) is 1.54. The fourth-order valence-corrected chi connectivity index (χ4v) is 7.76. The van der Waals surface area contributed by atoms with Gasteiger partial charge in [0.2, 0.25) is 0 Å². The molecule has 15 heteroatoms. The number of hydrogen-bond acceptors (Lipinski definition) is 10. The topological polar surface area (TPSA) is 122 Å². The highest BCUT2D eigenvalue weighted by molar-refractivity contribution is 6.35. The maximum atomic E-state index is 13.9. The Hall–Kier alpha value is -4.85. The first kappa shape index (κ1) is 39.4. The molecule has 4 fully saturated rings. The van der Waals surface area contributed by atoms with Crippen molar-refractivity contribution >= 4 is 40.8 Å². The first-order valence-electron chi connectivity index (χ1n) is 18.5. The van der Waals surface area contributed by atoms with Gasteiger partial charge in [0.05, 0.1) is 19.3 Å². The Morgan fingerprint density at radius 3 is 2.30 bits per heavy atom. The zero-order valence-corrected chi connectivity index (χ0v) is 32.0. The average Bonchev–Trinajstić information content (AvgIpc) is 4.02. The third-order valence-electron chi connectivity index (χ3n) is 10.4. The zero-order valence-electron chi connectivity index (χ0n) is 30.5. The highest BCUT2D eigenvalue weighted by atomic mass is 35.5. The number of halogens is 4. The molecule has 4 heterocycles. The number of para-hydroxylation sites is 1. The molecule has 1 aliphatic carbocycles. The van der Waals surface area contributed by atoms with E-state index in [4.69, 9.17) is 46.9 Å². The molecule has 1 N–H and O–H groups in total. The van der Waals surface area contributed by atoms with Gasteiger partial charge in [0.15, 0.2) is 29.9 Å². The quantitative estimate of drug-likeness (QED) is 0.0678. The number of fused-ring (bicyclic) bond motifs is 3. The molecule has 4 aliphatic rings. The second-order valence-electron chi connectivity index (χ2n) is 14.2. The van der Waals surface area contributed by atoms with E-state index in [0.717, 1.165) is 51.2 Å². The van der Waals surface area contributed by atoms with Gasteiger partial charge in [-0.1, -0.05) is 47.5 Å². The number of piperidine rings is 3. The maximum absolute atomic E-state index is 13.9. The van der Waals surface area contributed by atoms with Gasteiger partial charge < -0.3 is 34.2 Å². The number of pyridine rings is 1. The molecule has 1 aromatic heterocycles. The molecule has 2 bridgehead atoms. The van der Waals surface area contributed by atoms with Crippen molar-refractivity contribution in [3.8, 4) is 17.2 Å². The number of methoxy groups -OCH3 is 1. The molecule has 0 spiro atoms. The predicted octanol–water partition coefficient (Wildman–Crippen LogP) is 7.96. The Labute approximate surface area is 332 Å². The van der Waals surface area contributed by atoms with E-state index in [-0.39, 0.29) is 39.6 Å². The SMILES string of the molecule is COc1ccccc1C(Nc1ccc(C(=O)OC(Cc2c(Cl)c[n+]([O-])cc2Cl)c2ccc(OC(F)F)c(OCC3CC3)c2)cc1)C(=O)O[C@H]1CN2CCC1CC2. The largest absolute Gasteiger partial charge is 0.619 e. The summed E-state index contributed by atoms with van der Waals surface area (Å²) in [4.78, 5) is 30.0. The smallest absolute Gasteiger partial charge is 0.387 e. The summed E-state index contributed by atoms with van der Waals surface area (Å²) in [6.45, 7) is -0.0529. The van der Waals surface area contributed by atoms with Crippen LogP contribution in [0.4, 0.5) is 14.5 Å². The van der Waals surface area contributed by atoms with Crippen LogP contribution in [0.1, 0.15) is 64.9 Å². The molecule has 11 nitrogen and oxygen atoms in total. The lowest BCUT2D eigenvalue weighted by Gasteiger charge is -2.44. The number of esters is 2. The molecule has 2 unspecified atom stereocenters. The minimum atomic E-state index is -3.09. The molecule has 296 valence electrons. The third kappa shape index (κ3) is 9.56. The summed E-state index contributed by atoms with van der Waals surface area (Å²) < 4.78 is 55.4. The van der Waals surface area contributed by atoms with Crippen molar-refractivity contribution in [2.24, 2.45) is 11.8 Å². The summed E-state index contributed by atoms with van der Waals surface area (Å²) in [6.07, 6.45) is 4.84. The van der Waals surface area contributed by atoms with Gasteiger partial charge in [0.25, 0.3) is 0 Å². The number of alkyl halides is 2. The Morgan fingerprint density at radius 2 is 1.66 bits per heavy atom. The Morgan fingerprint density at radius 1 is 0.946 bits per heavy atom. The first-order chi connectivity index (χ1) is 27.0. The summed E-state index contributed by atoms with van der Waals surface area (Å²) >= 11 is 12.8. The monoisotopic (exact) mass is 811 g/mol. The molecule has 3 saturated heterocycles. The van der Waals surface area contributed by atoms with Crippen LogP contribution in [0.25, 0.3) is 0 Å². The maximum Gasteiger partial charge on any atom is 0.387 e. The molecule has 3 atom stereocenters. The second-order valence-corrected chi connectivity index (χ2v) is 15.1. The normalized spacial score (nSPS) is 19.9. The number of benzene rings is 3.